The van der Waals surface area contributed by atoms with Gasteiger partial charge in [0.15, 0.2) is 0 Å². The molecule has 2 aromatic rings. The van der Waals surface area contributed by atoms with Crippen molar-refractivity contribution in [3.05, 3.63) is 65.7 Å². The first-order chi connectivity index (χ1) is 14.9. The van der Waals surface area contributed by atoms with Crippen molar-refractivity contribution in [3.63, 3.8) is 0 Å². The molecule has 0 radical (unpaired) electrons. The molecule has 2 unspecified atom stereocenters. The third kappa shape index (κ3) is 4.44. The third-order valence-electron chi connectivity index (χ3n) is 6.15. The van der Waals surface area contributed by atoms with Crippen LogP contribution in [-0.4, -0.2) is 46.1 Å². The van der Waals surface area contributed by atoms with Gasteiger partial charge >= 0.3 is 0 Å². The Kier molecular flexibility index (Phi) is 6.01. The van der Waals surface area contributed by atoms with E-state index in [0.29, 0.717) is 19.4 Å². The quantitative estimate of drug-likeness (QED) is 0.719. The van der Waals surface area contributed by atoms with E-state index >= 15 is 0 Å². The lowest BCUT2D eigenvalue weighted by atomic mass is 9.83. The van der Waals surface area contributed by atoms with Crippen LogP contribution < -0.4 is 10.1 Å². The average molecular weight is 423 g/mol. The summed E-state index contributed by atoms with van der Waals surface area (Å²) in [6, 6.07) is 17.1. The molecule has 0 spiro atoms. The van der Waals surface area contributed by atoms with E-state index in [1.807, 2.05) is 68.4 Å². The van der Waals surface area contributed by atoms with E-state index in [1.165, 1.54) is 0 Å². The van der Waals surface area contributed by atoms with Gasteiger partial charge in [0.1, 0.15) is 23.9 Å². The lowest BCUT2D eigenvalue weighted by Crippen LogP contribution is -2.69. The number of piperazine rings is 1. The van der Waals surface area contributed by atoms with Gasteiger partial charge in [-0.15, -0.1) is 0 Å². The van der Waals surface area contributed by atoms with Crippen molar-refractivity contribution in [3.8, 4) is 5.75 Å². The molecule has 6 heteroatoms. The van der Waals surface area contributed by atoms with Crippen LogP contribution in [0.1, 0.15) is 37.8 Å². The Morgan fingerprint density at radius 2 is 1.81 bits per heavy atom. The van der Waals surface area contributed by atoms with Crippen molar-refractivity contribution in [2.45, 2.75) is 57.4 Å². The molecule has 3 atom stereocenters. The van der Waals surface area contributed by atoms with Gasteiger partial charge in [-0.1, -0.05) is 56.3 Å². The van der Waals surface area contributed by atoms with E-state index in [2.05, 4.69) is 5.32 Å². The highest BCUT2D eigenvalue weighted by molar-refractivity contribution is 6.00. The summed E-state index contributed by atoms with van der Waals surface area (Å²) >= 11 is 0. The van der Waals surface area contributed by atoms with Gasteiger partial charge in [0.25, 0.3) is 0 Å². The Morgan fingerprint density at radius 3 is 2.48 bits per heavy atom. The Balaban J connectivity index is 1.48. The smallest absolute Gasteiger partial charge is 0.247 e. The van der Waals surface area contributed by atoms with Gasteiger partial charge in [0.2, 0.25) is 11.8 Å². The Labute approximate surface area is 183 Å². The molecule has 164 valence electrons. The third-order valence-corrected chi connectivity index (χ3v) is 6.15. The highest BCUT2D eigenvalue weighted by Crippen LogP contribution is 2.37. The van der Waals surface area contributed by atoms with Gasteiger partial charge in [0, 0.05) is 19.4 Å². The molecule has 2 N–H and O–H groups in total. The monoisotopic (exact) mass is 422 g/mol. The maximum absolute atomic E-state index is 13.2. The number of aliphatic hydroxyl groups excluding tert-OH is 1. The summed E-state index contributed by atoms with van der Waals surface area (Å²) in [7, 11) is 0. The molecule has 31 heavy (non-hydrogen) atoms. The molecular weight excluding hydrogens is 392 g/mol. The minimum absolute atomic E-state index is 0.0901. The molecule has 4 rings (SSSR count). The number of aliphatic hydroxyl groups is 1. The van der Waals surface area contributed by atoms with E-state index in [0.717, 1.165) is 16.9 Å². The molecule has 2 heterocycles. The van der Waals surface area contributed by atoms with Crippen LogP contribution in [0, 0.1) is 5.92 Å². The second-order valence-electron chi connectivity index (χ2n) is 9.09. The lowest BCUT2D eigenvalue weighted by Gasteiger charge is -2.44. The van der Waals surface area contributed by atoms with Gasteiger partial charge in [-0.2, -0.15) is 0 Å². The molecule has 2 aliphatic rings. The van der Waals surface area contributed by atoms with Crippen molar-refractivity contribution >= 4 is 11.8 Å². The Hall–Kier alpha value is -2.86. The predicted octanol–water partition coefficient (Wildman–Crippen LogP) is 2.68. The van der Waals surface area contributed by atoms with Crippen molar-refractivity contribution < 1.29 is 19.4 Å². The van der Waals surface area contributed by atoms with Crippen LogP contribution in [0.25, 0.3) is 0 Å². The number of hydrogen-bond acceptors (Lipinski definition) is 4. The number of carbonyl (C=O) groups excluding carboxylic acids is 2. The zero-order valence-electron chi connectivity index (χ0n) is 18.1. The van der Waals surface area contributed by atoms with Crippen LogP contribution in [-0.2, 0) is 22.6 Å². The molecule has 6 nitrogen and oxygen atoms in total. The van der Waals surface area contributed by atoms with E-state index in [4.69, 9.17) is 4.74 Å². The fourth-order valence-corrected chi connectivity index (χ4v) is 4.67. The number of benzene rings is 2. The largest absolute Gasteiger partial charge is 0.489 e. The normalized spacial score (nSPS) is 25.5. The minimum Gasteiger partial charge on any atom is -0.489 e. The first kappa shape index (κ1) is 21.4. The number of nitrogens with zero attached hydrogens (tertiary/aromatic N) is 1. The molecule has 2 aromatic carbocycles. The van der Waals surface area contributed by atoms with Crippen molar-refractivity contribution in [1.82, 2.24) is 10.2 Å². The zero-order chi connectivity index (χ0) is 22.0. The predicted molar refractivity (Wildman–Crippen MR) is 117 cm³/mol. The summed E-state index contributed by atoms with van der Waals surface area (Å²) in [4.78, 5) is 27.9. The zero-order valence-corrected chi connectivity index (χ0v) is 18.1. The van der Waals surface area contributed by atoms with Crippen LogP contribution in [0.5, 0.6) is 5.75 Å². The summed E-state index contributed by atoms with van der Waals surface area (Å²) < 4.78 is 5.84. The number of fused-ring (bicyclic) bond motifs is 1. The summed E-state index contributed by atoms with van der Waals surface area (Å²) in [5.41, 5.74) is 0.988. The molecule has 2 fully saturated rings. The number of hydrogen-bond donors (Lipinski definition) is 2. The maximum Gasteiger partial charge on any atom is 0.247 e. The number of ether oxygens (including phenoxy) is 1. The minimum atomic E-state index is -1.03. The average Bonchev–Trinajstić information content (AvgIpc) is 3.09. The van der Waals surface area contributed by atoms with Crippen molar-refractivity contribution in [2.24, 2.45) is 5.92 Å². The maximum atomic E-state index is 13.2. The van der Waals surface area contributed by atoms with E-state index < -0.39 is 17.7 Å². The second-order valence-corrected chi connectivity index (χ2v) is 9.09. The van der Waals surface area contributed by atoms with Gasteiger partial charge < -0.3 is 20.1 Å². The highest BCUT2D eigenvalue weighted by Gasteiger charge is 2.57. The van der Waals surface area contributed by atoms with Crippen LogP contribution in [0.2, 0.25) is 0 Å². The molecule has 0 aliphatic carbocycles. The van der Waals surface area contributed by atoms with E-state index in [-0.39, 0.29) is 30.7 Å². The number of rotatable bonds is 7. The molecule has 0 bridgehead atoms. The summed E-state index contributed by atoms with van der Waals surface area (Å²) in [5, 5.41) is 13.3. The van der Waals surface area contributed by atoms with Crippen molar-refractivity contribution in [1.29, 1.82) is 0 Å². The number of nitrogens with one attached hydrogen (secondary N) is 1. The topological polar surface area (TPSA) is 78.9 Å². The van der Waals surface area contributed by atoms with Gasteiger partial charge in [-0.05, 0) is 35.6 Å². The first-order valence-electron chi connectivity index (χ1n) is 10.9. The van der Waals surface area contributed by atoms with Crippen LogP contribution in [0.15, 0.2) is 54.6 Å². The number of carbonyl (C=O) groups is 2. The van der Waals surface area contributed by atoms with Crippen LogP contribution >= 0.6 is 0 Å². The molecule has 0 saturated carbocycles. The van der Waals surface area contributed by atoms with Gasteiger partial charge in [-0.25, -0.2) is 0 Å². The summed E-state index contributed by atoms with van der Waals surface area (Å²) in [6.45, 7) is 4.75. The Morgan fingerprint density at radius 1 is 1.10 bits per heavy atom. The van der Waals surface area contributed by atoms with Gasteiger partial charge in [0.05, 0.1) is 6.10 Å². The fraction of sp³-hybridized carbons (Fsp3) is 0.440. The SMILES string of the molecule is CC(C)CC1NC(=O)C2(Cc3ccc(OCc4ccccc4)cc3)C[C@@H](O)CN2C1=O. The number of amides is 2. The molecular formula is C25H30N2O4. The van der Waals surface area contributed by atoms with Crippen LogP contribution in [0.3, 0.4) is 0 Å². The van der Waals surface area contributed by atoms with E-state index in [1.54, 1.807) is 4.90 Å². The molecule has 2 aliphatic heterocycles. The number of β-amino-alcohol motifs (C(OH)–C–C–N with tert-alkyl or cyclic N) is 1. The molecule has 2 amide bonds. The van der Waals surface area contributed by atoms with Gasteiger partial charge in [-0.3, -0.25) is 9.59 Å². The van der Waals surface area contributed by atoms with Crippen LogP contribution in [0.4, 0.5) is 0 Å². The molecule has 2 saturated heterocycles. The summed E-state index contributed by atoms with van der Waals surface area (Å²) in [5.74, 6) is 0.777. The van der Waals surface area contributed by atoms with E-state index in [9.17, 15) is 14.7 Å². The fourth-order valence-electron chi connectivity index (χ4n) is 4.67. The Bertz CT molecular complexity index is 928. The standard InChI is InChI=1S/C25H30N2O4/c1-17(2)12-22-23(29)27-15-20(28)14-25(27,24(30)26-22)13-18-8-10-21(11-9-18)31-16-19-6-4-3-5-7-19/h3-11,17,20,22,28H,12-16H2,1-2H3,(H,26,30)/t20-,22?,25?/m1/s1. The van der Waals surface area contributed by atoms with Crippen molar-refractivity contribution in [2.75, 3.05) is 6.54 Å². The first-order valence-corrected chi connectivity index (χ1v) is 10.9. The highest BCUT2D eigenvalue weighted by atomic mass is 16.5. The molecule has 0 aromatic heterocycles. The lowest BCUT2D eigenvalue weighted by molar-refractivity contribution is -0.154. The second kappa shape index (κ2) is 8.71. The summed E-state index contributed by atoms with van der Waals surface area (Å²) in [6.07, 6.45) is 0.530.